The van der Waals surface area contributed by atoms with Gasteiger partial charge in [-0.2, -0.15) is 0 Å². The molecule has 4 aromatic heterocycles. The largest absolute Gasteiger partial charge is 0.384 e. The Hall–Kier alpha value is -5.10. The summed E-state index contributed by atoms with van der Waals surface area (Å²) in [6, 6.07) is 25.0. The first-order valence-corrected chi connectivity index (χ1v) is 20.2. The number of pyridine rings is 4. The van der Waals surface area contributed by atoms with Crippen molar-refractivity contribution in [3.63, 3.8) is 0 Å². The number of aryl methyl sites for hydroxylation is 7. The van der Waals surface area contributed by atoms with E-state index in [1.165, 1.54) is 22.3 Å². The summed E-state index contributed by atoms with van der Waals surface area (Å²) in [7, 11) is 0. The normalized spacial score (nSPS) is 16.0. The molecule has 6 rings (SSSR count). The van der Waals surface area contributed by atoms with Gasteiger partial charge < -0.3 is 38.7 Å². The molecule has 11 N–H and O–H groups in total. The molecule has 1 aromatic carbocycles. The molecule has 11 nitrogen and oxygen atoms in total. The molecule has 0 spiro atoms. The minimum atomic E-state index is 0.158. The van der Waals surface area contributed by atoms with E-state index < -0.39 is 0 Å². The van der Waals surface area contributed by atoms with Gasteiger partial charge in [0, 0.05) is 54.3 Å². The average Bonchev–Trinajstić information content (AvgIpc) is 3.58. The summed E-state index contributed by atoms with van der Waals surface area (Å²) in [4.78, 5) is 18.4. The van der Waals surface area contributed by atoms with Crippen LogP contribution in [0.2, 0.25) is 0 Å². The van der Waals surface area contributed by atoms with Crippen LogP contribution in [0.4, 0.5) is 23.3 Å². The second kappa shape index (κ2) is 19.7. The lowest BCUT2D eigenvalue weighted by Crippen LogP contribution is -2.25. The van der Waals surface area contributed by atoms with Gasteiger partial charge in [-0.05, 0) is 160 Å². The maximum atomic E-state index is 6.33. The quantitative estimate of drug-likeness (QED) is 0.0571. The van der Waals surface area contributed by atoms with Gasteiger partial charge in [-0.3, -0.25) is 0 Å². The summed E-state index contributed by atoms with van der Waals surface area (Å²) >= 11 is 0. The Kier molecular flexibility index (Phi) is 14.2. The second-order valence-corrected chi connectivity index (χ2v) is 15.6. The molecule has 0 radical (unpaired) electrons. The Morgan fingerprint density at radius 3 is 1.91 bits per heavy atom. The Bertz CT molecular complexity index is 2010. The molecule has 0 aliphatic carbocycles. The van der Waals surface area contributed by atoms with E-state index in [0.717, 1.165) is 118 Å². The van der Waals surface area contributed by atoms with Crippen LogP contribution in [0, 0.1) is 19.8 Å². The third kappa shape index (κ3) is 12.2. The summed E-state index contributed by atoms with van der Waals surface area (Å²) in [6.07, 6.45) is 9.18. The van der Waals surface area contributed by atoms with Crippen LogP contribution < -0.4 is 34.0 Å². The molecule has 1 fully saturated rings. The van der Waals surface area contributed by atoms with Gasteiger partial charge in [0.25, 0.3) is 0 Å². The zero-order valence-corrected chi connectivity index (χ0v) is 33.1. The van der Waals surface area contributed by atoms with Crippen molar-refractivity contribution < 1.29 is 4.74 Å². The molecule has 56 heavy (non-hydrogen) atoms. The first kappa shape index (κ1) is 40.6. The Labute approximate surface area is 332 Å². The standard InChI is InChI=1S/C45H60N10O/c1-29-15-39(54-42(47)17-29)24-35(26-46)34-8-6-7-31(19-34)12-13-38-21-33(23-45(50)53-38)11-10-32-20-37(52-44(49)22-32)9-4-3-5-14-56-41-28-51-27-36(41)25-40-16-30(2)18-43(48)55-40/h6-8,15-23,35-36,41,51H,3-5,9-14,24-28,46H2,1-2H3,(H2,47,54)(H2,48,55)(H2,49,52)(H2,50,53)/t35?,36-,41+/m1/s1. The maximum absolute atomic E-state index is 6.33. The lowest BCUT2D eigenvalue weighted by atomic mass is 9.91. The summed E-state index contributed by atoms with van der Waals surface area (Å²) in [5, 5.41) is 3.49. The molecule has 0 bridgehead atoms. The molecule has 1 aliphatic heterocycles. The summed E-state index contributed by atoms with van der Waals surface area (Å²) in [6.45, 7) is 7.20. The number of hydrogen-bond acceptors (Lipinski definition) is 11. The van der Waals surface area contributed by atoms with Crippen LogP contribution in [-0.4, -0.2) is 52.3 Å². The zero-order valence-electron chi connectivity index (χ0n) is 33.1. The van der Waals surface area contributed by atoms with Crippen LogP contribution in [0.5, 0.6) is 0 Å². The molecular weight excluding hydrogens is 697 g/mol. The number of nitrogens with zero attached hydrogens (tertiary/aromatic N) is 4. The fourth-order valence-electron chi connectivity index (χ4n) is 7.99. The lowest BCUT2D eigenvalue weighted by Gasteiger charge is -2.19. The highest BCUT2D eigenvalue weighted by Crippen LogP contribution is 2.24. The van der Waals surface area contributed by atoms with Crippen molar-refractivity contribution in [1.82, 2.24) is 25.3 Å². The van der Waals surface area contributed by atoms with Crippen molar-refractivity contribution >= 4 is 23.3 Å². The maximum Gasteiger partial charge on any atom is 0.123 e. The molecule has 0 amide bonds. The van der Waals surface area contributed by atoms with Crippen molar-refractivity contribution in [2.75, 3.05) is 49.2 Å². The van der Waals surface area contributed by atoms with Gasteiger partial charge >= 0.3 is 0 Å². The fraction of sp³-hybridized carbons (Fsp3) is 0.422. The number of nitrogens with one attached hydrogen (secondary N) is 1. The van der Waals surface area contributed by atoms with Crippen molar-refractivity contribution in [2.45, 2.75) is 90.1 Å². The molecule has 1 aliphatic rings. The van der Waals surface area contributed by atoms with Crippen LogP contribution in [0.25, 0.3) is 0 Å². The summed E-state index contributed by atoms with van der Waals surface area (Å²) < 4.78 is 6.33. The van der Waals surface area contributed by atoms with Crippen molar-refractivity contribution in [1.29, 1.82) is 0 Å². The number of aromatic nitrogens is 4. The Morgan fingerprint density at radius 1 is 0.625 bits per heavy atom. The van der Waals surface area contributed by atoms with E-state index in [4.69, 9.17) is 33.4 Å². The number of nitrogens with two attached hydrogens (primary N) is 5. The SMILES string of the molecule is Cc1cc(N)nc(CC(CN)c2cccc(CCc3cc(CCc4cc(N)nc(CCCCCO[C@H]5CNC[C@H]5Cc5cc(C)cc(N)n5)c4)cc(N)n3)c2)c1. The molecule has 1 unspecified atom stereocenters. The van der Waals surface area contributed by atoms with Gasteiger partial charge in [0.2, 0.25) is 0 Å². The third-order valence-electron chi connectivity index (χ3n) is 10.7. The highest BCUT2D eigenvalue weighted by Gasteiger charge is 2.28. The van der Waals surface area contributed by atoms with E-state index in [1.54, 1.807) is 0 Å². The minimum Gasteiger partial charge on any atom is -0.384 e. The van der Waals surface area contributed by atoms with Gasteiger partial charge in [0.1, 0.15) is 23.3 Å². The van der Waals surface area contributed by atoms with Crippen LogP contribution in [-0.2, 0) is 49.7 Å². The van der Waals surface area contributed by atoms with E-state index in [1.807, 2.05) is 31.2 Å². The van der Waals surface area contributed by atoms with Crippen molar-refractivity contribution in [3.8, 4) is 0 Å². The molecule has 296 valence electrons. The number of ether oxygens (including phenoxy) is 1. The van der Waals surface area contributed by atoms with E-state index in [0.29, 0.717) is 35.7 Å². The number of nitrogen functional groups attached to an aromatic ring is 4. The zero-order chi connectivity index (χ0) is 39.4. The van der Waals surface area contributed by atoms with E-state index in [-0.39, 0.29) is 12.0 Å². The fourth-order valence-corrected chi connectivity index (χ4v) is 7.99. The van der Waals surface area contributed by atoms with Gasteiger partial charge in [-0.1, -0.05) is 30.7 Å². The highest BCUT2D eigenvalue weighted by atomic mass is 16.5. The molecule has 11 heteroatoms. The molecule has 5 aromatic rings. The first-order valence-electron chi connectivity index (χ1n) is 20.2. The topological polar surface area (TPSA) is 203 Å². The van der Waals surface area contributed by atoms with Gasteiger partial charge in [0.05, 0.1) is 6.10 Å². The predicted octanol–water partition coefficient (Wildman–Crippen LogP) is 5.63. The van der Waals surface area contributed by atoms with Crippen LogP contribution in [0.1, 0.15) is 81.3 Å². The van der Waals surface area contributed by atoms with E-state index in [2.05, 4.69) is 80.7 Å². The first-order chi connectivity index (χ1) is 27.1. The minimum absolute atomic E-state index is 0.158. The summed E-state index contributed by atoms with van der Waals surface area (Å²) in [5.41, 5.74) is 41.9. The van der Waals surface area contributed by atoms with Gasteiger partial charge in [-0.25, -0.2) is 19.9 Å². The Morgan fingerprint density at radius 2 is 1.23 bits per heavy atom. The number of unbranched alkanes of at least 4 members (excludes halogenated alkanes) is 2. The number of hydrogen-bond donors (Lipinski definition) is 6. The highest BCUT2D eigenvalue weighted by molar-refractivity contribution is 5.39. The number of rotatable bonds is 19. The second-order valence-electron chi connectivity index (χ2n) is 15.6. The molecular formula is C45H60N10O. The van der Waals surface area contributed by atoms with Gasteiger partial charge in [-0.15, -0.1) is 0 Å². The monoisotopic (exact) mass is 756 g/mol. The summed E-state index contributed by atoms with van der Waals surface area (Å²) in [5.74, 6) is 2.81. The van der Waals surface area contributed by atoms with Crippen LogP contribution in [0.15, 0.2) is 72.8 Å². The van der Waals surface area contributed by atoms with Crippen molar-refractivity contribution in [2.24, 2.45) is 11.7 Å². The average molecular weight is 757 g/mol. The number of benzene rings is 1. The molecule has 5 heterocycles. The van der Waals surface area contributed by atoms with Gasteiger partial charge in [0.15, 0.2) is 0 Å². The molecule has 1 saturated heterocycles. The Balaban J connectivity index is 0.948. The molecule has 0 saturated carbocycles. The smallest absolute Gasteiger partial charge is 0.123 e. The predicted molar refractivity (Wildman–Crippen MR) is 228 cm³/mol. The molecule has 3 atom stereocenters. The number of anilines is 4. The van der Waals surface area contributed by atoms with Crippen LogP contribution in [0.3, 0.4) is 0 Å². The van der Waals surface area contributed by atoms with Crippen LogP contribution >= 0.6 is 0 Å². The van der Waals surface area contributed by atoms with E-state index >= 15 is 0 Å². The van der Waals surface area contributed by atoms with Crippen molar-refractivity contribution in [3.05, 3.63) is 129 Å². The third-order valence-corrected chi connectivity index (χ3v) is 10.7. The lowest BCUT2D eigenvalue weighted by molar-refractivity contribution is 0.0354. The van der Waals surface area contributed by atoms with E-state index in [9.17, 15) is 0 Å².